The average molecular weight is 207 g/mol. The Kier molecular flexibility index (Phi) is 2.65. The Morgan fingerprint density at radius 1 is 1.57 bits per heavy atom. The Morgan fingerprint density at radius 2 is 2.43 bits per heavy atom. The van der Waals surface area contributed by atoms with Crippen molar-refractivity contribution in [1.29, 1.82) is 0 Å². The minimum atomic E-state index is 0.648. The number of aromatic amines is 1. The van der Waals surface area contributed by atoms with Gasteiger partial charge in [-0.15, -0.1) is 11.3 Å². The molecule has 3 nitrogen and oxygen atoms in total. The van der Waals surface area contributed by atoms with E-state index >= 15 is 0 Å². The first-order valence-electron chi connectivity index (χ1n) is 4.60. The second-order valence-electron chi connectivity index (χ2n) is 3.17. The molecule has 0 atom stereocenters. The number of hydrogen-bond donors (Lipinski definition) is 2. The third-order valence-electron chi connectivity index (χ3n) is 2.12. The summed E-state index contributed by atoms with van der Waals surface area (Å²) in [5, 5.41) is 2.05. The van der Waals surface area contributed by atoms with E-state index < -0.39 is 0 Å². The molecule has 0 aliphatic heterocycles. The van der Waals surface area contributed by atoms with Crippen LogP contribution in [0.25, 0.3) is 10.7 Å². The standard InChI is InChI=1S/C10H13N3S/c1-7-8(4-5-11)13-10(12-7)9-3-2-6-14-9/h2-3,6H,4-5,11H2,1H3,(H,12,13). The summed E-state index contributed by atoms with van der Waals surface area (Å²) in [6.45, 7) is 2.69. The first kappa shape index (κ1) is 9.43. The number of nitrogens with zero attached hydrogens (tertiary/aromatic N) is 1. The van der Waals surface area contributed by atoms with E-state index in [9.17, 15) is 0 Å². The molecule has 0 radical (unpaired) electrons. The van der Waals surface area contributed by atoms with E-state index in [1.165, 1.54) is 4.88 Å². The fourth-order valence-electron chi connectivity index (χ4n) is 1.41. The van der Waals surface area contributed by atoms with Crippen LogP contribution in [0.4, 0.5) is 0 Å². The molecule has 0 aliphatic carbocycles. The predicted molar refractivity (Wildman–Crippen MR) is 59.4 cm³/mol. The summed E-state index contributed by atoms with van der Waals surface area (Å²) in [4.78, 5) is 8.97. The lowest BCUT2D eigenvalue weighted by Gasteiger charge is -1.91. The molecule has 0 unspecified atom stereocenters. The number of aryl methyl sites for hydroxylation is 1. The third kappa shape index (κ3) is 1.71. The van der Waals surface area contributed by atoms with E-state index in [1.807, 2.05) is 13.0 Å². The summed E-state index contributed by atoms with van der Waals surface area (Å²) in [6.07, 6.45) is 0.841. The summed E-state index contributed by atoms with van der Waals surface area (Å²) >= 11 is 1.69. The second-order valence-corrected chi connectivity index (χ2v) is 4.12. The van der Waals surface area contributed by atoms with Gasteiger partial charge in [0, 0.05) is 12.1 Å². The van der Waals surface area contributed by atoms with Gasteiger partial charge in [0.25, 0.3) is 0 Å². The van der Waals surface area contributed by atoms with Crippen molar-refractivity contribution in [2.24, 2.45) is 5.73 Å². The second kappa shape index (κ2) is 3.94. The highest BCUT2D eigenvalue weighted by molar-refractivity contribution is 7.13. The number of thiophene rings is 1. The highest BCUT2D eigenvalue weighted by atomic mass is 32.1. The van der Waals surface area contributed by atoms with Gasteiger partial charge in [-0.05, 0) is 24.9 Å². The van der Waals surface area contributed by atoms with Crippen molar-refractivity contribution in [2.45, 2.75) is 13.3 Å². The van der Waals surface area contributed by atoms with Crippen LogP contribution in [0.15, 0.2) is 17.5 Å². The molecule has 2 aromatic rings. The van der Waals surface area contributed by atoms with Crippen molar-refractivity contribution in [1.82, 2.24) is 9.97 Å². The van der Waals surface area contributed by atoms with Gasteiger partial charge in [0.1, 0.15) is 5.82 Å². The third-order valence-corrected chi connectivity index (χ3v) is 3.00. The first-order chi connectivity index (χ1) is 6.81. The lowest BCUT2D eigenvalue weighted by Crippen LogP contribution is -2.03. The zero-order valence-electron chi connectivity index (χ0n) is 8.08. The summed E-state index contributed by atoms with van der Waals surface area (Å²) in [7, 11) is 0. The maximum absolute atomic E-state index is 5.51. The van der Waals surface area contributed by atoms with Gasteiger partial charge in [-0.3, -0.25) is 0 Å². The first-order valence-corrected chi connectivity index (χ1v) is 5.48. The number of imidazole rings is 1. The fourth-order valence-corrected chi connectivity index (χ4v) is 2.08. The van der Waals surface area contributed by atoms with E-state index in [0.717, 1.165) is 23.6 Å². The summed E-state index contributed by atoms with van der Waals surface area (Å²) in [5.74, 6) is 0.959. The Morgan fingerprint density at radius 3 is 3.07 bits per heavy atom. The number of nitrogens with two attached hydrogens (primary N) is 1. The SMILES string of the molecule is Cc1[nH]c(-c2cccs2)nc1CCN. The van der Waals surface area contributed by atoms with Gasteiger partial charge in [0.15, 0.2) is 0 Å². The Bertz CT molecular complexity index is 403. The zero-order valence-corrected chi connectivity index (χ0v) is 8.90. The van der Waals surface area contributed by atoms with Crippen molar-refractivity contribution >= 4 is 11.3 Å². The van der Waals surface area contributed by atoms with Crippen LogP contribution in [0.2, 0.25) is 0 Å². The molecule has 3 N–H and O–H groups in total. The van der Waals surface area contributed by atoms with Crippen LogP contribution < -0.4 is 5.73 Å². The van der Waals surface area contributed by atoms with Crippen LogP contribution in [-0.2, 0) is 6.42 Å². The topological polar surface area (TPSA) is 54.7 Å². The van der Waals surface area contributed by atoms with Crippen LogP contribution >= 0.6 is 11.3 Å². The molecule has 0 fully saturated rings. The molecule has 14 heavy (non-hydrogen) atoms. The molecule has 2 rings (SSSR count). The number of hydrogen-bond acceptors (Lipinski definition) is 3. The molecule has 0 amide bonds. The van der Waals surface area contributed by atoms with Gasteiger partial charge < -0.3 is 10.7 Å². The zero-order chi connectivity index (χ0) is 9.97. The molecule has 2 aromatic heterocycles. The largest absolute Gasteiger partial charge is 0.341 e. The molecule has 2 heterocycles. The molecular formula is C10H13N3S. The highest BCUT2D eigenvalue weighted by Gasteiger charge is 2.07. The van der Waals surface area contributed by atoms with Crippen LogP contribution in [0.3, 0.4) is 0 Å². The van der Waals surface area contributed by atoms with Gasteiger partial charge in [0.05, 0.1) is 10.6 Å². The van der Waals surface area contributed by atoms with Crippen LogP contribution in [-0.4, -0.2) is 16.5 Å². The van der Waals surface area contributed by atoms with Crippen molar-refractivity contribution in [3.63, 3.8) is 0 Å². The van der Waals surface area contributed by atoms with E-state index in [4.69, 9.17) is 5.73 Å². The number of rotatable bonds is 3. The van der Waals surface area contributed by atoms with E-state index in [-0.39, 0.29) is 0 Å². The highest BCUT2D eigenvalue weighted by Crippen LogP contribution is 2.22. The van der Waals surface area contributed by atoms with Gasteiger partial charge in [-0.25, -0.2) is 4.98 Å². The molecular weight excluding hydrogens is 194 g/mol. The lowest BCUT2D eigenvalue weighted by atomic mass is 10.3. The summed E-state index contributed by atoms with van der Waals surface area (Å²) in [5.41, 5.74) is 7.71. The summed E-state index contributed by atoms with van der Waals surface area (Å²) in [6, 6.07) is 4.09. The molecule has 0 aromatic carbocycles. The molecule has 0 spiro atoms. The van der Waals surface area contributed by atoms with Crippen molar-refractivity contribution < 1.29 is 0 Å². The Hall–Kier alpha value is -1.13. The van der Waals surface area contributed by atoms with Crippen LogP contribution in [0, 0.1) is 6.92 Å². The molecule has 74 valence electrons. The maximum atomic E-state index is 5.51. The predicted octanol–water partition coefficient (Wildman–Crippen LogP) is 1.95. The minimum Gasteiger partial charge on any atom is -0.341 e. The van der Waals surface area contributed by atoms with E-state index in [2.05, 4.69) is 21.4 Å². The van der Waals surface area contributed by atoms with Gasteiger partial charge >= 0.3 is 0 Å². The Balaban J connectivity index is 2.33. The maximum Gasteiger partial charge on any atom is 0.147 e. The molecule has 0 saturated carbocycles. The van der Waals surface area contributed by atoms with E-state index in [0.29, 0.717) is 6.54 Å². The minimum absolute atomic E-state index is 0.648. The lowest BCUT2D eigenvalue weighted by molar-refractivity contribution is 0.924. The Labute approximate surface area is 87.0 Å². The van der Waals surface area contributed by atoms with Gasteiger partial charge in [-0.2, -0.15) is 0 Å². The quantitative estimate of drug-likeness (QED) is 0.808. The van der Waals surface area contributed by atoms with Gasteiger partial charge in [-0.1, -0.05) is 6.07 Å². The van der Waals surface area contributed by atoms with Crippen LogP contribution in [0.5, 0.6) is 0 Å². The van der Waals surface area contributed by atoms with Gasteiger partial charge in [0.2, 0.25) is 0 Å². The average Bonchev–Trinajstić information content (AvgIpc) is 2.76. The van der Waals surface area contributed by atoms with Crippen molar-refractivity contribution in [3.05, 3.63) is 28.9 Å². The number of aromatic nitrogens is 2. The van der Waals surface area contributed by atoms with E-state index in [1.54, 1.807) is 11.3 Å². The molecule has 4 heteroatoms. The normalized spacial score (nSPS) is 10.7. The van der Waals surface area contributed by atoms with Crippen LogP contribution in [0.1, 0.15) is 11.4 Å². The molecule has 0 bridgehead atoms. The van der Waals surface area contributed by atoms with Crippen molar-refractivity contribution in [3.8, 4) is 10.7 Å². The summed E-state index contributed by atoms with van der Waals surface area (Å²) < 4.78 is 0. The number of nitrogens with one attached hydrogen (secondary N) is 1. The smallest absolute Gasteiger partial charge is 0.147 e. The molecule has 0 aliphatic rings. The number of H-pyrrole nitrogens is 1. The monoisotopic (exact) mass is 207 g/mol. The molecule has 0 saturated heterocycles. The van der Waals surface area contributed by atoms with Crippen molar-refractivity contribution in [2.75, 3.05) is 6.54 Å². The fraction of sp³-hybridized carbons (Fsp3) is 0.300.